The molecule has 5 nitrogen and oxygen atoms in total. The lowest BCUT2D eigenvalue weighted by Crippen LogP contribution is -2.28. The third-order valence-electron chi connectivity index (χ3n) is 3.50. The summed E-state index contributed by atoms with van der Waals surface area (Å²) in [5.74, 6) is 2.00. The van der Waals surface area contributed by atoms with Crippen LogP contribution in [0.2, 0.25) is 0 Å². The van der Waals surface area contributed by atoms with Crippen LogP contribution in [-0.4, -0.2) is 24.4 Å². The fraction of sp³-hybridized carbons (Fsp3) is 0.438. The maximum Gasteiger partial charge on any atom is 0.254 e. The Bertz CT molecular complexity index is 576. The minimum atomic E-state index is 0.349. The van der Waals surface area contributed by atoms with Crippen molar-refractivity contribution in [1.82, 2.24) is 10.5 Å². The van der Waals surface area contributed by atoms with Gasteiger partial charge in [0.15, 0.2) is 5.76 Å². The Morgan fingerprint density at radius 2 is 2.29 bits per heavy atom. The van der Waals surface area contributed by atoms with E-state index in [1.54, 1.807) is 6.07 Å². The first-order chi connectivity index (χ1) is 10.3. The number of aryl methyl sites for hydroxylation is 1. The molecule has 3 rings (SSSR count). The van der Waals surface area contributed by atoms with Gasteiger partial charge in [0.25, 0.3) is 5.88 Å². The normalized spacial score (nSPS) is 17.9. The summed E-state index contributed by atoms with van der Waals surface area (Å²) in [5, 5.41) is 7.28. The highest BCUT2D eigenvalue weighted by Gasteiger charge is 2.15. The molecule has 112 valence electrons. The molecule has 0 aliphatic carbocycles. The molecule has 1 aromatic heterocycles. The highest BCUT2D eigenvalue weighted by Crippen LogP contribution is 2.17. The summed E-state index contributed by atoms with van der Waals surface area (Å²) in [5.41, 5.74) is 1.16. The van der Waals surface area contributed by atoms with E-state index in [9.17, 15) is 0 Å². The maximum atomic E-state index is 5.66. The zero-order valence-corrected chi connectivity index (χ0v) is 12.2. The van der Waals surface area contributed by atoms with Gasteiger partial charge in [0.1, 0.15) is 19.0 Å². The number of rotatable bonds is 6. The van der Waals surface area contributed by atoms with Crippen molar-refractivity contribution in [2.45, 2.75) is 32.4 Å². The Kier molecular flexibility index (Phi) is 4.40. The molecule has 0 saturated carbocycles. The zero-order chi connectivity index (χ0) is 14.5. The lowest BCUT2D eigenvalue weighted by atomic mass is 10.2. The molecule has 5 heteroatoms. The van der Waals surface area contributed by atoms with Crippen LogP contribution in [0.3, 0.4) is 0 Å². The van der Waals surface area contributed by atoms with E-state index in [-0.39, 0.29) is 0 Å². The molecular weight excluding hydrogens is 268 g/mol. The number of hydrogen-bond acceptors (Lipinski definition) is 5. The zero-order valence-electron chi connectivity index (χ0n) is 12.2. The van der Waals surface area contributed by atoms with Crippen molar-refractivity contribution in [1.29, 1.82) is 0 Å². The van der Waals surface area contributed by atoms with Crippen molar-refractivity contribution in [2.24, 2.45) is 0 Å². The average Bonchev–Trinajstić information content (AvgIpc) is 3.15. The molecule has 2 heterocycles. The second-order valence-corrected chi connectivity index (χ2v) is 5.34. The van der Waals surface area contributed by atoms with E-state index < -0.39 is 0 Å². The van der Waals surface area contributed by atoms with Crippen LogP contribution in [0.1, 0.15) is 24.2 Å². The van der Waals surface area contributed by atoms with E-state index in [2.05, 4.69) is 10.5 Å². The standard InChI is InChI=1S/C16H20N2O3/c1-12-4-2-6-14(8-12)19-11-15-9-16(18-21-15)20-10-13-5-3-7-17-13/h2,4,6,8-9,13,17H,3,5,7,10-11H2,1H3/t13-/m0/s1. The van der Waals surface area contributed by atoms with Crippen LogP contribution in [-0.2, 0) is 6.61 Å². The van der Waals surface area contributed by atoms with Crippen molar-refractivity contribution in [3.63, 3.8) is 0 Å². The minimum absolute atomic E-state index is 0.349. The molecule has 1 fully saturated rings. The third kappa shape index (κ3) is 3.98. The summed E-state index contributed by atoms with van der Waals surface area (Å²) in [7, 11) is 0. The third-order valence-corrected chi connectivity index (χ3v) is 3.50. The van der Waals surface area contributed by atoms with Gasteiger partial charge < -0.3 is 19.3 Å². The van der Waals surface area contributed by atoms with Crippen molar-refractivity contribution in [3.05, 3.63) is 41.7 Å². The van der Waals surface area contributed by atoms with Gasteiger partial charge in [0.2, 0.25) is 0 Å². The van der Waals surface area contributed by atoms with Crippen molar-refractivity contribution in [3.8, 4) is 11.6 Å². The Labute approximate surface area is 124 Å². The Morgan fingerprint density at radius 1 is 1.33 bits per heavy atom. The molecule has 21 heavy (non-hydrogen) atoms. The molecule has 2 aromatic rings. The van der Waals surface area contributed by atoms with Crippen LogP contribution in [0.25, 0.3) is 0 Å². The van der Waals surface area contributed by atoms with E-state index in [1.165, 1.54) is 6.42 Å². The van der Waals surface area contributed by atoms with E-state index in [1.807, 2.05) is 31.2 Å². The number of ether oxygens (including phenoxy) is 2. The predicted molar refractivity (Wildman–Crippen MR) is 78.5 cm³/mol. The number of nitrogens with zero attached hydrogens (tertiary/aromatic N) is 1. The van der Waals surface area contributed by atoms with Gasteiger partial charge in [-0.15, -0.1) is 0 Å². The highest BCUT2D eigenvalue weighted by atomic mass is 16.5. The van der Waals surface area contributed by atoms with Crippen LogP contribution in [0, 0.1) is 6.92 Å². The smallest absolute Gasteiger partial charge is 0.254 e. The van der Waals surface area contributed by atoms with Crippen LogP contribution in [0.15, 0.2) is 34.9 Å². The maximum absolute atomic E-state index is 5.66. The van der Waals surface area contributed by atoms with Crippen LogP contribution in [0.4, 0.5) is 0 Å². The second kappa shape index (κ2) is 6.63. The average molecular weight is 288 g/mol. The van der Waals surface area contributed by atoms with Gasteiger partial charge in [-0.05, 0) is 49.2 Å². The lowest BCUT2D eigenvalue weighted by Gasteiger charge is -2.08. The summed E-state index contributed by atoms with van der Waals surface area (Å²) in [6.45, 7) is 4.08. The first-order valence-corrected chi connectivity index (χ1v) is 7.31. The molecule has 1 aromatic carbocycles. The van der Waals surface area contributed by atoms with Gasteiger partial charge in [0.05, 0.1) is 0 Å². The molecule has 1 saturated heterocycles. The number of aromatic nitrogens is 1. The van der Waals surface area contributed by atoms with E-state index in [0.717, 1.165) is 24.3 Å². The lowest BCUT2D eigenvalue weighted by molar-refractivity contribution is 0.230. The second-order valence-electron chi connectivity index (χ2n) is 5.34. The SMILES string of the molecule is Cc1cccc(OCc2cc(OC[C@@H]3CCCN3)no2)c1. The molecule has 0 spiro atoms. The van der Waals surface area contributed by atoms with E-state index in [4.69, 9.17) is 14.0 Å². The quantitative estimate of drug-likeness (QED) is 0.885. The molecule has 0 amide bonds. The first-order valence-electron chi connectivity index (χ1n) is 7.31. The van der Waals surface area contributed by atoms with Crippen molar-refractivity contribution in [2.75, 3.05) is 13.2 Å². The molecule has 1 N–H and O–H groups in total. The number of hydrogen-bond donors (Lipinski definition) is 1. The number of benzene rings is 1. The van der Waals surface area contributed by atoms with Gasteiger partial charge in [0, 0.05) is 12.1 Å². The van der Waals surface area contributed by atoms with E-state index in [0.29, 0.717) is 30.9 Å². The van der Waals surface area contributed by atoms with Gasteiger partial charge in [-0.1, -0.05) is 12.1 Å². The molecule has 0 bridgehead atoms. The monoisotopic (exact) mass is 288 g/mol. The number of nitrogens with one attached hydrogen (secondary N) is 1. The van der Waals surface area contributed by atoms with Gasteiger partial charge in [-0.25, -0.2) is 0 Å². The fourth-order valence-corrected chi connectivity index (χ4v) is 2.37. The summed E-state index contributed by atoms with van der Waals surface area (Å²) in [4.78, 5) is 0. The van der Waals surface area contributed by atoms with Crippen molar-refractivity contribution >= 4 is 0 Å². The molecule has 1 aliphatic heterocycles. The Morgan fingerprint density at radius 3 is 3.10 bits per heavy atom. The fourth-order valence-electron chi connectivity index (χ4n) is 2.37. The van der Waals surface area contributed by atoms with Crippen molar-refractivity contribution < 1.29 is 14.0 Å². The molecule has 0 radical (unpaired) electrons. The topological polar surface area (TPSA) is 56.5 Å². The summed E-state index contributed by atoms with van der Waals surface area (Å²) in [6, 6.07) is 10.1. The largest absolute Gasteiger partial charge is 0.486 e. The Balaban J connectivity index is 1.48. The van der Waals surface area contributed by atoms with Crippen LogP contribution >= 0.6 is 0 Å². The summed E-state index contributed by atoms with van der Waals surface area (Å²) in [6.07, 6.45) is 2.36. The van der Waals surface area contributed by atoms with Gasteiger partial charge in [-0.2, -0.15) is 0 Å². The molecule has 1 aliphatic rings. The van der Waals surface area contributed by atoms with Crippen LogP contribution in [0.5, 0.6) is 11.6 Å². The van der Waals surface area contributed by atoms with Gasteiger partial charge in [-0.3, -0.25) is 0 Å². The highest BCUT2D eigenvalue weighted by molar-refractivity contribution is 5.27. The molecule has 0 unspecified atom stereocenters. The van der Waals surface area contributed by atoms with Gasteiger partial charge >= 0.3 is 0 Å². The summed E-state index contributed by atoms with van der Waals surface area (Å²) < 4.78 is 16.5. The molecule has 1 atom stereocenters. The predicted octanol–water partition coefficient (Wildman–Crippen LogP) is 2.69. The minimum Gasteiger partial charge on any atom is -0.486 e. The first kappa shape index (κ1) is 13.9. The Hall–Kier alpha value is -2.01. The summed E-state index contributed by atoms with van der Waals surface area (Å²) >= 11 is 0. The van der Waals surface area contributed by atoms with E-state index >= 15 is 0 Å². The van der Waals surface area contributed by atoms with Crippen LogP contribution < -0.4 is 14.8 Å². The molecular formula is C16H20N2O3.